The van der Waals surface area contributed by atoms with Gasteiger partial charge in [-0.25, -0.2) is 0 Å². The van der Waals surface area contributed by atoms with E-state index in [1.54, 1.807) is 0 Å². The van der Waals surface area contributed by atoms with Gasteiger partial charge < -0.3 is 5.32 Å². The summed E-state index contributed by atoms with van der Waals surface area (Å²) in [4.78, 5) is 0. The minimum Gasteiger partial charge on any atom is -0.316 e. The van der Waals surface area contributed by atoms with Crippen LogP contribution in [-0.2, 0) is 0 Å². The van der Waals surface area contributed by atoms with Crippen molar-refractivity contribution in [3.63, 3.8) is 0 Å². The first-order valence-electron chi connectivity index (χ1n) is 5.75. The highest BCUT2D eigenvalue weighted by atomic mass is 14.9. The average molecular weight is 181 g/mol. The van der Waals surface area contributed by atoms with Gasteiger partial charge in [0.2, 0.25) is 0 Å². The Hall–Kier alpha value is -0.300. The van der Waals surface area contributed by atoms with Gasteiger partial charge in [0, 0.05) is 0 Å². The standard InChI is InChI=1S/C12H23N/c1-2-3-4-5-6-10-13-11-12-8-7-9-12/h2,12-13H,1,3-11H2. The topological polar surface area (TPSA) is 12.0 Å². The summed E-state index contributed by atoms with van der Waals surface area (Å²) in [5, 5.41) is 3.54. The molecule has 0 unspecified atom stereocenters. The summed E-state index contributed by atoms with van der Waals surface area (Å²) < 4.78 is 0. The van der Waals surface area contributed by atoms with Crippen LogP contribution in [0.3, 0.4) is 0 Å². The molecule has 1 N–H and O–H groups in total. The molecule has 0 bridgehead atoms. The Bertz CT molecular complexity index is 127. The Kier molecular flexibility index (Phi) is 5.92. The van der Waals surface area contributed by atoms with E-state index < -0.39 is 0 Å². The number of hydrogen-bond acceptors (Lipinski definition) is 1. The first kappa shape index (κ1) is 10.8. The van der Waals surface area contributed by atoms with Gasteiger partial charge in [-0.15, -0.1) is 6.58 Å². The molecular formula is C12H23N. The quantitative estimate of drug-likeness (QED) is 0.448. The first-order chi connectivity index (χ1) is 6.43. The predicted molar refractivity (Wildman–Crippen MR) is 58.9 cm³/mol. The smallest absolute Gasteiger partial charge is 0.00205 e. The molecule has 0 amide bonds. The van der Waals surface area contributed by atoms with E-state index in [0.717, 1.165) is 5.92 Å². The third kappa shape index (κ3) is 5.09. The summed E-state index contributed by atoms with van der Waals surface area (Å²) in [6.07, 6.45) is 11.6. The van der Waals surface area contributed by atoms with Crippen LogP contribution in [0.5, 0.6) is 0 Å². The van der Waals surface area contributed by atoms with Crippen LogP contribution in [0.2, 0.25) is 0 Å². The highest BCUT2D eigenvalue weighted by Crippen LogP contribution is 2.24. The van der Waals surface area contributed by atoms with Crippen LogP contribution in [0.1, 0.15) is 44.9 Å². The van der Waals surface area contributed by atoms with Crippen molar-refractivity contribution < 1.29 is 0 Å². The molecule has 0 heterocycles. The van der Waals surface area contributed by atoms with Crippen LogP contribution in [0.25, 0.3) is 0 Å². The van der Waals surface area contributed by atoms with Crippen LogP contribution < -0.4 is 5.32 Å². The van der Waals surface area contributed by atoms with Crippen molar-refractivity contribution >= 4 is 0 Å². The van der Waals surface area contributed by atoms with Crippen molar-refractivity contribution in [3.05, 3.63) is 12.7 Å². The first-order valence-corrected chi connectivity index (χ1v) is 5.75. The molecule has 1 aliphatic rings. The molecule has 1 rings (SSSR count). The number of hydrogen-bond donors (Lipinski definition) is 1. The highest BCUT2D eigenvalue weighted by molar-refractivity contribution is 4.71. The Balaban J connectivity index is 1.70. The van der Waals surface area contributed by atoms with Crippen LogP contribution in [0.4, 0.5) is 0 Å². The fourth-order valence-corrected chi connectivity index (χ4v) is 1.72. The highest BCUT2D eigenvalue weighted by Gasteiger charge is 2.15. The van der Waals surface area contributed by atoms with E-state index in [0.29, 0.717) is 0 Å². The number of nitrogens with one attached hydrogen (secondary N) is 1. The minimum atomic E-state index is 1.01. The molecule has 1 fully saturated rings. The molecule has 0 aromatic rings. The summed E-state index contributed by atoms with van der Waals surface area (Å²) >= 11 is 0. The van der Waals surface area contributed by atoms with Crippen LogP contribution in [0, 0.1) is 5.92 Å². The van der Waals surface area contributed by atoms with E-state index >= 15 is 0 Å². The van der Waals surface area contributed by atoms with Crippen molar-refractivity contribution in [1.82, 2.24) is 5.32 Å². The van der Waals surface area contributed by atoms with Gasteiger partial charge in [-0.05, 0) is 51.1 Å². The molecule has 1 saturated carbocycles. The molecule has 0 aliphatic heterocycles. The Morgan fingerprint density at radius 2 is 2.08 bits per heavy atom. The molecule has 0 aromatic carbocycles. The normalized spacial score (nSPS) is 16.9. The fourth-order valence-electron chi connectivity index (χ4n) is 1.72. The van der Waals surface area contributed by atoms with E-state index in [1.807, 2.05) is 6.08 Å². The second-order valence-corrected chi connectivity index (χ2v) is 4.14. The molecular weight excluding hydrogens is 158 g/mol. The zero-order valence-electron chi connectivity index (χ0n) is 8.73. The monoisotopic (exact) mass is 181 g/mol. The van der Waals surface area contributed by atoms with E-state index in [4.69, 9.17) is 0 Å². The number of unbranched alkanes of at least 4 members (excludes halogenated alkanes) is 3. The van der Waals surface area contributed by atoms with Crippen molar-refractivity contribution in [3.8, 4) is 0 Å². The zero-order chi connectivity index (χ0) is 9.36. The Morgan fingerprint density at radius 1 is 1.23 bits per heavy atom. The van der Waals surface area contributed by atoms with Crippen molar-refractivity contribution in [2.24, 2.45) is 5.92 Å². The third-order valence-electron chi connectivity index (χ3n) is 2.92. The largest absolute Gasteiger partial charge is 0.316 e. The second-order valence-electron chi connectivity index (χ2n) is 4.14. The fraction of sp³-hybridized carbons (Fsp3) is 0.833. The second kappa shape index (κ2) is 7.14. The maximum atomic E-state index is 3.72. The lowest BCUT2D eigenvalue weighted by atomic mass is 9.85. The average Bonchev–Trinajstić information content (AvgIpc) is 2.07. The molecule has 1 nitrogen and oxygen atoms in total. The summed E-state index contributed by atoms with van der Waals surface area (Å²) in [5.41, 5.74) is 0. The molecule has 0 aromatic heterocycles. The van der Waals surface area contributed by atoms with Crippen LogP contribution >= 0.6 is 0 Å². The molecule has 1 heteroatoms. The lowest BCUT2D eigenvalue weighted by molar-refractivity contribution is 0.301. The molecule has 0 atom stereocenters. The van der Waals surface area contributed by atoms with Gasteiger partial charge in [0.05, 0.1) is 0 Å². The van der Waals surface area contributed by atoms with Gasteiger partial charge in [-0.3, -0.25) is 0 Å². The zero-order valence-corrected chi connectivity index (χ0v) is 8.73. The van der Waals surface area contributed by atoms with Crippen molar-refractivity contribution in [2.45, 2.75) is 44.9 Å². The van der Waals surface area contributed by atoms with E-state index in [-0.39, 0.29) is 0 Å². The predicted octanol–water partition coefficient (Wildman–Crippen LogP) is 3.12. The van der Waals surface area contributed by atoms with Gasteiger partial charge in [-0.1, -0.05) is 18.9 Å². The van der Waals surface area contributed by atoms with Gasteiger partial charge >= 0.3 is 0 Å². The van der Waals surface area contributed by atoms with E-state index in [2.05, 4.69) is 11.9 Å². The SMILES string of the molecule is C=CCCCCCNCC1CCC1. The summed E-state index contributed by atoms with van der Waals surface area (Å²) in [6, 6.07) is 0. The Morgan fingerprint density at radius 3 is 2.69 bits per heavy atom. The summed E-state index contributed by atoms with van der Waals surface area (Å²) in [7, 11) is 0. The molecule has 1 aliphatic carbocycles. The van der Waals surface area contributed by atoms with Gasteiger partial charge in [0.15, 0.2) is 0 Å². The Labute approximate surface area is 82.6 Å². The van der Waals surface area contributed by atoms with Gasteiger partial charge in [0.25, 0.3) is 0 Å². The molecule has 13 heavy (non-hydrogen) atoms. The van der Waals surface area contributed by atoms with Gasteiger partial charge in [-0.2, -0.15) is 0 Å². The number of allylic oxidation sites excluding steroid dienone is 1. The maximum Gasteiger partial charge on any atom is -0.00205 e. The van der Waals surface area contributed by atoms with Gasteiger partial charge in [0.1, 0.15) is 0 Å². The molecule has 0 spiro atoms. The van der Waals surface area contributed by atoms with Crippen LogP contribution in [0.15, 0.2) is 12.7 Å². The third-order valence-corrected chi connectivity index (χ3v) is 2.92. The minimum absolute atomic E-state index is 1.01. The van der Waals surface area contributed by atoms with Crippen molar-refractivity contribution in [2.75, 3.05) is 13.1 Å². The van der Waals surface area contributed by atoms with E-state index in [1.165, 1.54) is 58.0 Å². The summed E-state index contributed by atoms with van der Waals surface area (Å²) in [6.45, 7) is 6.20. The lowest BCUT2D eigenvalue weighted by Crippen LogP contribution is -2.27. The van der Waals surface area contributed by atoms with Crippen LogP contribution in [-0.4, -0.2) is 13.1 Å². The molecule has 0 saturated heterocycles. The number of rotatable bonds is 8. The molecule has 76 valence electrons. The summed E-state index contributed by atoms with van der Waals surface area (Å²) in [5.74, 6) is 1.01. The maximum absolute atomic E-state index is 3.72. The molecule has 0 radical (unpaired) electrons. The lowest BCUT2D eigenvalue weighted by Gasteiger charge is -2.25. The van der Waals surface area contributed by atoms with E-state index in [9.17, 15) is 0 Å². The van der Waals surface area contributed by atoms with Crippen molar-refractivity contribution in [1.29, 1.82) is 0 Å².